The minimum absolute atomic E-state index is 0.00191. The molecule has 0 heterocycles. The van der Waals surface area contributed by atoms with Crippen LogP contribution in [-0.2, 0) is 22.6 Å². The fraction of sp³-hybridized carbons (Fsp3) is 0.562. The molecule has 1 aliphatic carbocycles. The van der Waals surface area contributed by atoms with E-state index in [0.29, 0.717) is 25.4 Å². The summed E-state index contributed by atoms with van der Waals surface area (Å²) in [5.74, 6) is 0.527. The first-order valence-electron chi connectivity index (χ1n) is 14.2. The third-order valence-electron chi connectivity index (χ3n) is 7.95. The molecule has 0 saturated heterocycles. The molecule has 0 aromatic heterocycles. The first-order valence-corrected chi connectivity index (χ1v) is 14.2. The number of hydrogen-bond donors (Lipinski definition) is 4. The fourth-order valence-corrected chi connectivity index (χ4v) is 5.66. The number of hydrogen-bond acceptors (Lipinski definition) is 4. The number of aliphatic hydroxyl groups excluding tert-OH is 1. The number of carbonyl (C=O) groups excluding carboxylic acids is 2. The summed E-state index contributed by atoms with van der Waals surface area (Å²) in [6, 6.07) is 18.1. The van der Waals surface area contributed by atoms with Crippen LogP contribution < -0.4 is 16.0 Å². The highest BCUT2D eigenvalue weighted by Gasteiger charge is 2.37. The average Bonchev–Trinajstić information content (AvgIpc) is 2.88. The summed E-state index contributed by atoms with van der Waals surface area (Å²) in [7, 11) is 0. The van der Waals surface area contributed by atoms with Crippen LogP contribution in [0.3, 0.4) is 0 Å². The third kappa shape index (κ3) is 8.95. The van der Waals surface area contributed by atoms with Gasteiger partial charge < -0.3 is 21.1 Å². The predicted molar refractivity (Wildman–Crippen MR) is 154 cm³/mol. The Morgan fingerprint density at radius 3 is 2.42 bits per heavy atom. The van der Waals surface area contributed by atoms with Gasteiger partial charge in [-0.15, -0.1) is 0 Å². The Hall–Kier alpha value is -2.70. The van der Waals surface area contributed by atoms with E-state index >= 15 is 0 Å². The number of rotatable bonds is 12. The van der Waals surface area contributed by atoms with Crippen molar-refractivity contribution < 1.29 is 14.7 Å². The van der Waals surface area contributed by atoms with E-state index in [2.05, 4.69) is 54.1 Å². The van der Waals surface area contributed by atoms with E-state index in [-0.39, 0.29) is 29.2 Å². The van der Waals surface area contributed by atoms with Gasteiger partial charge in [-0.3, -0.25) is 9.59 Å². The average molecular weight is 522 g/mol. The molecule has 1 fully saturated rings. The van der Waals surface area contributed by atoms with Crippen molar-refractivity contribution in [1.29, 1.82) is 0 Å². The molecular weight excluding hydrogens is 474 g/mol. The summed E-state index contributed by atoms with van der Waals surface area (Å²) in [5.41, 5.74) is 3.20. The van der Waals surface area contributed by atoms with Gasteiger partial charge >= 0.3 is 0 Å². The van der Waals surface area contributed by atoms with Crippen LogP contribution in [0, 0.1) is 11.8 Å². The number of benzene rings is 2. The summed E-state index contributed by atoms with van der Waals surface area (Å²) in [6.07, 6.45) is 3.34. The lowest BCUT2D eigenvalue weighted by Crippen LogP contribution is -2.53. The molecule has 0 bridgehead atoms. The maximum atomic E-state index is 13.5. The molecule has 208 valence electrons. The highest BCUT2D eigenvalue weighted by molar-refractivity contribution is 5.79. The van der Waals surface area contributed by atoms with Crippen molar-refractivity contribution in [2.45, 2.75) is 96.9 Å². The lowest BCUT2D eigenvalue weighted by atomic mass is 9.72. The molecule has 6 nitrogen and oxygen atoms in total. The SMILES string of the molecule is CC(=O)NC(C)(C)[C@H]1CCC[C@@H](C(=O)N[C@@H](Cc2ccccc2)[C@@H](O)CNCc2cccc(C(C)C)c2)C1. The molecule has 0 aliphatic heterocycles. The molecule has 4 N–H and O–H groups in total. The first kappa shape index (κ1) is 29.9. The highest BCUT2D eigenvalue weighted by atomic mass is 16.3. The van der Waals surface area contributed by atoms with Crippen LogP contribution in [0.25, 0.3) is 0 Å². The lowest BCUT2D eigenvalue weighted by molar-refractivity contribution is -0.128. The normalized spacial score (nSPS) is 19.6. The monoisotopic (exact) mass is 521 g/mol. The highest BCUT2D eigenvalue weighted by Crippen LogP contribution is 2.36. The Balaban J connectivity index is 1.64. The standard InChI is InChI=1S/C32H47N3O3/c1-22(2)26-14-9-13-25(17-26)20-33-21-30(37)29(18-24-11-7-6-8-12-24)34-31(38)27-15-10-16-28(19-27)32(4,5)35-23(3)36/h6-9,11-14,17,22,27-30,33,37H,10,15-16,18-21H2,1-5H3,(H,34,38)(H,35,36)/t27-,28+,29+,30+/m1/s1. The van der Waals surface area contributed by atoms with Crippen molar-refractivity contribution in [1.82, 2.24) is 16.0 Å². The Morgan fingerprint density at radius 2 is 1.74 bits per heavy atom. The minimum atomic E-state index is -0.734. The molecule has 2 aromatic carbocycles. The van der Waals surface area contributed by atoms with Gasteiger partial charge in [0.1, 0.15) is 0 Å². The quantitative estimate of drug-likeness (QED) is 0.326. The number of nitrogens with one attached hydrogen (secondary N) is 3. The lowest BCUT2D eigenvalue weighted by Gasteiger charge is -2.40. The van der Waals surface area contributed by atoms with Gasteiger partial charge in [0.25, 0.3) is 0 Å². The van der Waals surface area contributed by atoms with Crippen molar-refractivity contribution in [3.8, 4) is 0 Å². The fourth-order valence-electron chi connectivity index (χ4n) is 5.66. The van der Waals surface area contributed by atoms with Gasteiger partial charge in [-0.1, -0.05) is 74.9 Å². The summed E-state index contributed by atoms with van der Waals surface area (Å²) in [4.78, 5) is 25.2. The number of carbonyl (C=O) groups is 2. The maximum absolute atomic E-state index is 13.5. The topological polar surface area (TPSA) is 90.5 Å². The van der Waals surface area contributed by atoms with Gasteiger partial charge in [0.2, 0.25) is 11.8 Å². The van der Waals surface area contributed by atoms with E-state index in [9.17, 15) is 14.7 Å². The van der Waals surface area contributed by atoms with Crippen molar-refractivity contribution in [3.63, 3.8) is 0 Å². The molecule has 6 heteroatoms. The zero-order valence-electron chi connectivity index (χ0n) is 23.8. The van der Waals surface area contributed by atoms with E-state index in [1.165, 1.54) is 11.1 Å². The Morgan fingerprint density at radius 1 is 1.03 bits per heavy atom. The molecule has 0 unspecified atom stereocenters. The van der Waals surface area contributed by atoms with E-state index in [1.807, 2.05) is 44.2 Å². The maximum Gasteiger partial charge on any atom is 0.223 e. The number of aliphatic hydroxyl groups is 1. The van der Waals surface area contributed by atoms with Crippen LogP contribution in [0.4, 0.5) is 0 Å². The van der Waals surface area contributed by atoms with E-state index in [1.54, 1.807) is 6.92 Å². The van der Waals surface area contributed by atoms with Gasteiger partial charge in [-0.05, 0) is 68.1 Å². The van der Waals surface area contributed by atoms with E-state index in [0.717, 1.165) is 31.2 Å². The van der Waals surface area contributed by atoms with Crippen molar-refractivity contribution >= 4 is 11.8 Å². The summed E-state index contributed by atoms with van der Waals surface area (Å²) in [6.45, 7) is 11.0. The van der Waals surface area contributed by atoms with Crippen LogP contribution in [0.15, 0.2) is 54.6 Å². The molecule has 2 amide bonds. The van der Waals surface area contributed by atoms with Crippen LogP contribution in [0.5, 0.6) is 0 Å². The van der Waals surface area contributed by atoms with Crippen molar-refractivity contribution in [2.75, 3.05) is 6.54 Å². The second-order valence-corrected chi connectivity index (χ2v) is 11.9. The van der Waals surface area contributed by atoms with Crippen LogP contribution >= 0.6 is 0 Å². The van der Waals surface area contributed by atoms with Crippen LogP contribution in [0.1, 0.15) is 82.9 Å². The third-order valence-corrected chi connectivity index (χ3v) is 7.95. The van der Waals surface area contributed by atoms with E-state index < -0.39 is 12.1 Å². The predicted octanol–water partition coefficient (Wildman–Crippen LogP) is 4.71. The van der Waals surface area contributed by atoms with E-state index in [4.69, 9.17) is 0 Å². The van der Waals surface area contributed by atoms with Gasteiger partial charge in [0.15, 0.2) is 0 Å². The van der Waals surface area contributed by atoms with Gasteiger partial charge in [-0.2, -0.15) is 0 Å². The number of amides is 2. The zero-order chi connectivity index (χ0) is 27.7. The van der Waals surface area contributed by atoms with Crippen molar-refractivity contribution in [3.05, 3.63) is 71.3 Å². The molecule has 2 aromatic rings. The van der Waals surface area contributed by atoms with Crippen molar-refractivity contribution in [2.24, 2.45) is 11.8 Å². The summed E-state index contributed by atoms with van der Waals surface area (Å²) >= 11 is 0. The first-order chi connectivity index (χ1) is 18.0. The largest absolute Gasteiger partial charge is 0.390 e. The molecule has 0 radical (unpaired) electrons. The van der Waals surface area contributed by atoms with Crippen LogP contribution in [-0.4, -0.2) is 41.2 Å². The van der Waals surface area contributed by atoms with Gasteiger partial charge in [-0.25, -0.2) is 0 Å². The summed E-state index contributed by atoms with van der Waals surface area (Å²) in [5, 5.41) is 20.9. The molecule has 3 rings (SSSR count). The second-order valence-electron chi connectivity index (χ2n) is 11.9. The summed E-state index contributed by atoms with van der Waals surface area (Å²) < 4.78 is 0. The zero-order valence-corrected chi connectivity index (χ0v) is 23.8. The molecular formula is C32H47N3O3. The molecule has 1 aliphatic rings. The molecule has 0 spiro atoms. The van der Waals surface area contributed by atoms with Gasteiger partial charge in [0, 0.05) is 31.5 Å². The smallest absolute Gasteiger partial charge is 0.223 e. The Bertz CT molecular complexity index is 1040. The minimum Gasteiger partial charge on any atom is -0.390 e. The molecule has 4 atom stereocenters. The second kappa shape index (κ2) is 13.9. The van der Waals surface area contributed by atoms with Gasteiger partial charge in [0.05, 0.1) is 12.1 Å². The Labute approximate surface area is 229 Å². The Kier molecular flexibility index (Phi) is 10.9. The molecule has 1 saturated carbocycles. The van der Waals surface area contributed by atoms with Crippen LogP contribution in [0.2, 0.25) is 0 Å². The molecule has 38 heavy (non-hydrogen) atoms.